The molecule has 26 heavy (non-hydrogen) atoms. The van der Waals surface area contributed by atoms with E-state index >= 15 is 0 Å². The summed E-state index contributed by atoms with van der Waals surface area (Å²) < 4.78 is 9.37. The number of amides is 1. The number of esters is 2. The van der Waals surface area contributed by atoms with Gasteiger partial charge in [0, 0.05) is 20.4 Å². The fraction of sp³-hybridized carbons (Fsp3) is 0.778. The Labute approximate surface area is 154 Å². The second kappa shape index (κ2) is 14.1. The molecular weight excluding hydrogens is 342 g/mol. The summed E-state index contributed by atoms with van der Waals surface area (Å²) in [5.41, 5.74) is 0. The van der Waals surface area contributed by atoms with Crippen LogP contribution >= 0.6 is 0 Å². The summed E-state index contributed by atoms with van der Waals surface area (Å²) >= 11 is 0. The van der Waals surface area contributed by atoms with Gasteiger partial charge in [0.2, 0.25) is 12.2 Å². The lowest BCUT2D eigenvalue weighted by molar-refractivity contribution is -0.180. The largest absolute Gasteiger partial charge is 0.478 e. The van der Waals surface area contributed by atoms with Gasteiger partial charge in [-0.3, -0.25) is 14.4 Å². The van der Waals surface area contributed by atoms with Crippen LogP contribution in [0, 0.1) is 0 Å². The maximum Gasteiger partial charge on any atom is 0.349 e. The first-order chi connectivity index (χ1) is 12.3. The SMILES string of the molecule is CCCCCCCCCCNC(=O)[C@H](OC(C)=O)[C@@H](OC(C)=O)C(=O)O. The zero-order valence-corrected chi connectivity index (χ0v) is 15.9. The fourth-order valence-electron chi connectivity index (χ4n) is 2.42. The molecule has 0 aliphatic carbocycles. The summed E-state index contributed by atoms with van der Waals surface area (Å²) in [6.45, 7) is 4.56. The van der Waals surface area contributed by atoms with Gasteiger partial charge in [-0.05, 0) is 6.42 Å². The van der Waals surface area contributed by atoms with Crippen molar-refractivity contribution in [3.63, 3.8) is 0 Å². The highest BCUT2D eigenvalue weighted by atomic mass is 16.6. The molecule has 0 rings (SSSR count). The normalized spacial score (nSPS) is 12.7. The number of nitrogens with one attached hydrogen (secondary N) is 1. The second-order valence-corrected chi connectivity index (χ2v) is 6.16. The van der Waals surface area contributed by atoms with Gasteiger partial charge in [-0.1, -0.05) is 51.9 Å². The smallest absolute Gasteiger partial charge is 0.349 e. The molecule has 0 aromatic heterocycles. The molecule has 0 aliphatic rings. The molecule has 2 N–H and O–H groups in total. The van der Waals surface area contributed by atoms with Crippen LogP contribution in [0.4, 0.5) is 0 Å². The van der Waals surface area contributed by atoms with Crippen LogP contribution in [-0.4, -0.2) is 47.7 Å². The van der Waals surface area contributed by atoms with E-state index in [9.17, 15) is 19.2 Å². The topological polar surface area (TPSA) is 119 Å². The van der Waals surface area contributed by atoms with Crippen LogP contribution in [0.5, 0.6) is 0 Å². The number of aliphatic carboxylic acids is 1. The Hall–Kier alpha value is -2.12. The average Bonchev–Trinajstić information content (AvgIpc) is 2.55. The maximum absolute atomic E-state index is 12.2. The minimum absolute atomic E-state index is 0.331. The Morgan fingerprint density at radius 3 is 1.73 bits per heavy atom. The van der Waals surface area contributed by atoms with Crippen molar-refractivity contribution in [3.8, 4) is 0 Å². The van der Waals surface area contributed by atoms with Gasteiger partial charge >= 0.3 is 17.9 Å². The van der Waals surface area contributed by atoms with Crippen LogP contribution in [0.3, 0.4) is 0 Å². The number of carboxylic acids is 1. The lowest BCUT2D eigenvalue weighted by Crippen LogP contribution is -2.50. The van der Waals surface area contributed by atoms with Crippen molar-refractivity contribution in [1.29, 1.82) is 0 Å². The van der Waals surface area contributed by atoms with E-state index in [0.29, 0.717) is 6.54 Å². The summed E-state index contributed by atoms with van der Waals surface area (Å²) in [5, 5.41) is 11.7. The molecule has 0 bridgehead atoms. The molecule has 0 saturated heterocycles. The number of hydrogen-bond donors (Lipinski definition) is 2. The van der Waals surface area contributed by atoms with Crippen LogP contribution in [0.2, 0.25) is 0 Å². The zero-order valence-electron chi connectivity index (χ0n) is 15.9. The summed E-state index contributed by atoms with van der Waals surface area (Å²) in [6, 6.07) is 0. The Morgan fingerprint density at radius 2 is 1.27 bits per heavy atom. The lowest BCUT2D eigenvalue weighted by atomic mass is 10.1. The molecule has 0 spiro atoms. The van der Waals surface area contributed by atoms with Gasteiger partial charge in [0.1, 0.15) is 0 Å². The maximum atomic E-state index is 12.2. The highest BCUT2D eigenvalue weighted by Crippen LogP contribution is 2.09. The first-order valence-electron chi connectivity index (χ1n) is 9.14. The van der Waals surface area contributed by atoms with E-state index in [1.807, 2.05) is 0 Å². The average molecular weight is 373 g/mol. The molecular formula is C18H31NO7. The molecule has 150 valence electrons. The van der Waals surface area contributed by atoms with E-state index in [1.165, 1.54) is 25.7 Å². The highest BCUT2D eigenvalue weighted by molar-refractivity contribution is 5.90. The molecule has 0 aromatic carbocycles. The minimum atomic E-state index is -1.88. The van der Waals surface area contributed by atoms with Crippen molar-refractivity contribution >= 4 is 23.8 Å². The van der Waals surface area contributed by atoms with Gasteiger partial charge in [0.05, 0.1) is 0 Å². The summed E-state index contributed by atoms with van der Waals surface area (Å²) in [7, 11) is 0. The number of carbonyl (C=O) groups excluding carboxylic acids is 3. The zero-order chi connectivity index (χ0) is 19.9. The number of rotatable bonds is 14. The van der Waals surface area contributed by atoms with Crippen molar-refractivity contribution in [2.45, 2.75) is 84.3 Å². The number of ether oxygens (including phenoxy) is 2. The number of carboxylic acid groups (broad SMARTS) is 1. The van der Waals surface area contributed by atoms with Crippen LogP contribution in [0.25, 0.3) is 0 Å². The predicted molar refractivity (Wildman–Crippen MR) is 94.4 cm³/mol. The molecule has 8 nitrogen and oxygen atoms in total. The summed E-state index contributed by atoms with van der Waals surface area (Å²) in [6.07, 6.45) is 5.20. The van der Waals surface area contributed by atoms with Gasteiger partial charge in [0.25, 0.3) is 5.91 Å². The van der Waals surface area contributed by atoms with Gasteiger partial charge in [-0.25, -0.2) is 4.79 Å². The van der Waals surface area contributed by atoms with Crippen LogP contribution in [0.1, 0.15) is 72.1 Å². The minimum Gasteiger partial charge on any atom is -0.478 e. The Bertz CT molecular complexity index is 464. The Morgan fingerprint density at radius 1 is 0.808 bits per heavy atom. The molecule has 0 radical (unpaired) electrons. The third-order valence-corrected chi connectivity index (χ3v) is 3.69. The van der Waals surface area contributed by atoms with Crippen LogP contribution in [-0.2, 0) is 28.7 Å². The van der Waals surface area contributed by atoms with Crippen molar-refractivity contribution in [3.05, 3.63) is 0 Å². The molecule has 0 aliphatic heterocycles. The molecule has 8 heteroatoms. The van der Waals surface area contributed by atoms with E-state index in [4.69, 9.17) is 9.84 Å². The molecule has 0 unspecified atom stereocenters. The highest BCUT2D eigenvalue weighted by Gasteiger charge is 2.39. The Balaban J connectivity index is 4.36. The first-order valence-corrected chi connectivity index (χ1v) is 9.14. The quantitative estimate of drug-likeness (QED) is 0.354. The first kappa shape index (κ1) is 23.9. The van der Waals surface area contributed by atoms with Gasteiger partial charge in [-0.2, -0.15) is 0 Å². The summed E-state index contributed by atoms with van der Waals surface area (Å²) in [4.78, 5) is 45.6. The van der Waals surface area contributed by atoms with E-state index in [-0.39, 0.29) is 0 Å². The standard InChI is InChI=1S/C18H31NO7/c1-4-5-6-7-8-9-10-11-12-19-17(22)15(25-13(2)20)16(18(23)24)26-14(3)21/h15-16H,4-12H2,1-3H3,(H,19,22)(H,23,24)/t15-,16-/m1/s1. The Kier molecular flexibility index (Phi) is 12.9. The molecule has 0 fully saturated rings. The lowest BCUT2D eigenvalue weighted by Gasteiger charge is -2.22. The monoisotopic (exact) mass is 373 g/mol. The van der Waals surface area contributed by atoms with Crippen molar-refractivity contribution in [1.82, 2.24) is 5.32 Å². The number of carbonyl (C=O) groups is 4. The van der Waals surface area contributed by atoms with E-state index in [2.05, 4.69) is 17.0 Å². The molecule has 2 atom stereocenters. The number of unbranched alkanes of at least 4 members (excludes halogenated alkanes) is 7. The third kappa shape index (κ3) is 11.4. The van der Waals surface area contributed by atoms with Gasteiger partial charge in [0.15, 0.2) is 0 Å². The van der Waals surface area contributed by atoms with E-state index < -0.39 is 36.0 Å². The van der Waals surface area contributed by atoms with Crippen molar-refractivity contribution in [2.75, 3.05) is 6.54 Å². The third-order valence-electron chi connectivity index (χ3n) is 3.69. The van der Waals surface area contributed by atoms with Gasteiger partial charge < -0.3 is 19.9 Å². The molecule has 0 heterocycles. The molecule has 0 saturated carbocycles. The second-order valence-electron chi connectivity index (χ2n) is 6.16. The van der Waals surface area contributed by atoms with E-state index in [1.54, 1.807) is 0 Å². The fourth-order valence-corrected chi connectivity index (χ4v) is 2.42. The van der Waals surface area contributed by atoms with Crippen molar-refractivity contribution in [2.24, 2.45) is 0 Å². The predicted octanol–water partition coefficient (Wildman–Crippen LogP) is 2.19. The van der Waals surface area contributed by atoms with Crippen LogP contribution in [0.15, 0.2) is 0 Å². The molecule has 0 aromatic rings. The molecule has 1 amide bonds. The number of hydrogen-bond acceptors (Lipinski definition) is 6. The van der Waals surface area contributed by atoms with Gasteiger partial charge in [-0.15, -0.1) is 0 Å². The summed E-state index contributed by atoms with van der Waals surface area (Å²) in [5.74, 6) is -4.08. The van der Waals surface area contributed by atoms with Crippen LogP contribution < -0.4 is 5.32 Å². The van der Waals surface area contributed by atoms with E-state index in [0.717, 1.165) is 39.5 Å². The van der Waals surface area contributed by atoms with Crippen molar-refractivity contribution < 1.29 is 33.8 Å².